The lowest BCUT2D eigenvalue weighted by atomic mass is 10.0. The number of piperidine rings is 1. The molecule has 1 aliphatic rings. The van der Waals surface area contributed by atoms with Crippen molar-refractivity contribution in [3.63, 3.8) is 0 Å². The van der Waals surface area contributed by atoms with Crippen molar-refractivity contribution in [2.45, 2.75) is 31.3 Å². The lowest BCUT2D eigenvalue weighted by Gasteiger charge is -2.32. The molecule has 0 spiro atoms. The van der Waals surface area contributed by atoms with Gasteiger partial charge in [0.1, 0.15) is 6.61 Å². The molecule has 1 aliphatic heterocycles. The van der Waals surface area contributed by atoms with Crippen LogP contribution in [0.4, 0.5) is 0 Å². The molecule has 6 nitrogen and oxygen atoms in total. The molecule has 0 aliphatic carbocycles. The molecule has 2 amide bonds. The summed E-state index contributed by atoms with van der Waals surface area (Å²) in [5, 5.41) is 3.02. The molecule has 0 radical (unpaired) electrons. The Bertz CT molecular complexity index is 513. The summed E-state index contributed by atoms with van der Waals surface area (Å²) in [6.07, 6.45) is 1.80. The number of benzene rings is 1. The topological polar surface area (TPSA) is 84.7 Å². The van der Waals surface area contributed by atoms with E-state index in [2.05, 4.69) is 5.32 Å². The van der Waals surface area contributed by atoms with Crippen LogP contribution < -0.4 is 11.1 Å². The summed E-state index contributed by atoms with van der Waals surface area (Å²) in [7, 11) is 1.51. The van der Waals surface area contributed by atoms with Crippen molar-refractivity contribution in [2.75, 3.05) is 26.8 Å². The molecule has 0 saturated carbocycles. The smallest absolute Gasteiger partial charge is 0.248 e. The highest BCUT2D eigenvalue weighted by atomic mass is 16.5. The molecule has 1 saturated heterocycles. The van der Waals surface area contributed by atoms with Crippen LogP contribution in [0.1, 0.15) is 30.9 Å². The van der Waals surface area contributed by atoms with E-state index in [1.807, 2.05) is 30.3 Å². The molecule has 126 valence electrons. The Kier molecular flexibility index (Phi) is 6.55. The summed E-state index contributed by atoms with van der Waals surface area (Å²) < 4.78 is 4.86. The second-order valence-corrected chi connectivity index (χ2v) is 5.88. The maximum Gasteiger partial charge on any atom is 0.248 e. The number of ether oxygens (including phenoxy) is 1. The SMILES string of the molecule is COCC(=O)N1CCC(NC(=O)CC(N)c2ccccc2)CC1. The van der Waals surface area contributed by atoms with Crippen LogP contribution in [0, 0.1) is 0 Å². The van der Waals surface area contributed by atoms with Gasteiger partial charge in [0.15, 0.2) is 0 Å². The summed E-state index contributed by atoms with van der Waals surface area (Å²) in [6.45, 7) is 1.42. The van der Waals surface area contributed by atoms with Crippen LogP contribution in [-0.2, 0) is 14.3 Å². The largest absolute Gasteiger partial charge is 0.375 e. The van der Waals surface area contributed by atoms with Gasteiger partial charge in [-0.15, -0.1) is 0 Å². The number of hydrogen-bond donors (Lipinski definition) is 2. The predicted octanol–water partition coefficient (Wildman–Crippen LogP) is 0.830. The van der Waals surface area contributed by atoms with Crippen molar-refractivity contribution in [1.82, 2.24) is 10.2 Å². The van der Waals surface area contributed by atoms with E-state index < -0.39 is 0 Å². The van der Waals surface area contributed by atoms with Gasteiger partial charge in [0, 0.05) is 38.7 Å². The molecule has 1 aromatic rings. The van der Waals surface area contributed by atoms with Gasteiger partial charge in [-0.3, -0.25) is 9.59 Å². The van der Waals surface area contributed by atoms with E-state index in [0.29, 0.717) is 13.1 Å². The van der Waals surface area contributed by atoms with Crippen LogP contribution >= 0.6 is 0 Å². The van der Waals surface area contributed by atoms with Crippen LogP contribution in [0.2, 0.25) is 0 Å². The number of carbonyl (C=O) groups is 2. The highest BCUT2D eigenvalue weighted by Crippen LogP contribution is 2.15. The van der Waals surface area contributed by atoms with Crippen LogP contribution in [0.15, 0.2) is 30.3 Å². The number of carbonyl (C=O) groups excluding carboxylic acids is 2. The van der Waals surface area contributed by atoms with Crippen molar-refractivity contribution >= 4 is 11.8 Å². The number of likely N-dealkylation sites (tertiary alicyclic amines) is 1. The van der Waals surface area contributed by atoms with Gasteiger partial charge in [0.2, 0.25) is 11.8 Å². The molecule has 1 unspecified atom stereocenters. The van der Waals surface area contributed by atoms with Gasteiger partial charge < -0.3 is 20.7 Å². The summed E-state index contributed by atoms with van der Waals surface area (Å²) >= 11 is 0. The zero-order chi connectivity index (χ0) is 16.7. The first-order chi connectivity index (χ1) is 11.1. The van der Waals surface area contributed by atoms with Gasteiger partial charge in [-0.05, 0) is 18.4 Å². The standard InChI is InChI=1S/C17H25N3O3/c1-23-12-17(22)20-9-7-14(8-10-20)19-16(21)11-15(18)13-5-3-2-4-6-13/h2-6,14-15H,7-12,18H2,1H3,(H,19,21). The lowest BCUT2D eigenvalue weighted by Crippen LogP contribution is -2.47. The Hall–Kier alpha value is -1.92. The van der Waals surface area contributed by atoms with Crippen molar-refractivity contribution < 1.29 is 14.3 Å². The summed E-state index contributed by atoms with van der Waals surface area (Å²) in [5.74, 6) is -0.0357. The molecule has 0 bridgehead atoms. The minimum Gasteiger partial charge on any atom is -0.375 e. The minimum atomic E-state index is -0.292. The number of methoxy groups -OCH3 is 1. The number of hydrogen-bond acceptors (Lipinski definition) is 4. The van der Waals surface area contributed by atoms with E-state index in [1.54, 1.807) is 4.90 Å². The zero-order valence-electron chi connectivity index (χ0n) is 13.5. The van der Waals surface area contributed by atoms with Gasteiger partial charge in [0.25, 0.3) is 0 Å². The monoisotopic (exact) mass is 319 g/mol. The number of rotatable bonds is 6. The van der Waals surface area contributed by atoms with E-state index >= 15 is 0 Å². The van der Waals surface area contributed by atoms with Crippen molar-refractivity contribution in [3.05, 3.63) is 35.9 Å². The normalized spacial score (nSPS) is 16.9. The van der Waals surface area contributed by atoms with Gasteiger partial charge in [0.05, 0.1) is 0 Å². The molecule has 1 fully saturated rings. The molecule has 1 atom stereocenters. The molecular weight excluding hydrogens is 294 g/mol. The van der Waals surface area contributed by atoms with Crippen LogP contribution in [0.5, 0.6) is 0 Å². The zero-order valence-corrected chi connectivity index (χ0v) is 13.5. The number of nitrogens with one attached hydrogen (secondary N) is 1. The van der Waals surface area contributed by atoms with Crippen LogP contribution in [0.3, 0.4) is 0 Å². The molecular formula is C17H25N3O3. The van der Waals surface area contributed by atoms with Crippen molar-refractivity contribution in [1.29, 1.82) is 0 Å². The van der Waals surface area contributed by atoms with Crippen molar-refractivity contribution in [3.8, 4) is 0 Å². The van der Waals surface area contributed by atoms with Gasteiger partial charge in [-0.1, -0.05) is 30.3 Å². The van der Waals surface area contributed by atoms with E-state index in [9.17, 15) is 9.59 Å². The van der Waals surface area contributed by atoms with Gasteiger partial charge in [-0.2, -0.15) is 0 Å². The number of nitrogens with zero attached hydrogens (tertiary/aromatic N) is 1. The first-order valence-electron chi connectivity index (χ1n) is 7.96. The van der Waals surface area contributed by atoms with E-state index in [0.717, 1.165) is 18.4 Å². The molecule has 3 N–H and O–H groups in total. The third-order valence-corrected chi connectivity index (χ3v) is 4.11. The Morgan fingerprint density at radius 3 is 2.57 bits per heavy atom. The Morgan fingerprint density at radius 1 is 1.30 bits per heavy atom. The number of amides is 2. The maximum atomic E-state index is 12.1. The lowest BCUT2D eigenvalue weighted by molar-refractivity contribution is -0.136. The summed E-state index contributed by atoms with van der Waals surface area (Å²) in [6, 6.07) is 9.43. The third-order valence-electron chi connectivity index (χ3n) is 4.11. The van der Waals surface area contributed by atoms with Crippen molar-refractivity contribution in [2.24, 2.45) is 5.73 Å². The second kappa shape index (κ2) is 8.64. The second-order valence-electron chi connectivity index (χ2n) is 5.88. The first kappa shape index (κ1) is 17.4. The van der Waals surface area contributed by atoms with Gasteiger partial charge in [-0.25, -0.2) is 0 Å². The molecule has 2 rings (SSSR count). The number of nitrogens with two attached hydrogens (primary N) is 1. The summed E-state index contributed by atoms with van der Waals surface area (Å²) in [5.41, 5.74) is 7.03. The first-order valence-corrected chi connectivity index (χ1v) is 7.96. The summed E-state index contributed by atoms with van der Waals surface area (Å²) in [4.78, 5) is 25.6. The molecule has 1 heterocycles. The minimum absolute atomic E-state index is 0.00313. The van der Waals surface area contributed by atoms with E-state index in [1.165, 1.54) is 7.11 Å². The van der Waals surface area contributed by atoms with Gasteiger partial charge >= 0.3 is 0 Å². The average Bonchev–Trinajstić information content (AvgIpc) is 2.56. The molecule has 6 heteroatoms. The molecule has 1 aromatic carbocycles. The fourth-order valence-electron chi connectivity index (χ4n) is 2.79. The highest BCUT2D eigenvalue weighted by molar-refractivity contribution is 5.78. The highest BCUT2D eigenvalue weighted by Gasteiger charge is 2.24. The van der Waals surface area contributed by atoms with Crippen LogP contribution in [-0.4, -0.2) is 49.6 Å². The predicted molar refractivity (Wildman–Crippen MR) is 87.6 cm³/mol. The third kappa shape index (κ3) is 5.33. The average molecular weight is 319 g/mol. The quantitative estimate of drug-likeness (QED) is 0.813. The maximum absolute atomic E-state index is 12.1. The Labute approximate surface area is 137 Å². The fourth-order valence-corrected chi connectivity index (χ4v) is 2.79. The molecule has 23 heavy (non-hydrogen) atoms. The van der Waals surface area contributed by atoms with E-state index in [-0.39, 0.29) is 36.9 Å². The van der Waals surface area contributed by atoms with Crippen LogP contribution in [0.25, 0.3) is 0 Å². The Morgan fingerprint density at radius 2 is 1.96 bits per heavy atom. The molecule has 0 aromatic heterocycles. The Balaban J connectivity index is 1.73. The van der Waals surface area contributed by atoms with E-state index in [4.69, 9.17) is 10.5 Å². The fraction of sp³-hybridized carbons (Fsp3) is 0.529.